The first-order valence-electron chi connectivity index (χ1n) is 22.9. The van der Waals surface area contributed by atoms with E-state index in [4.69, 9.17) is 24.8 Å². The van der Waals surface area contributed by atoms with Crippen molar-refractivity contribution in [2.75, 3.05) is 19.8 Å². The maximum absolute atomic E-state index is 12.6. The van der Waals surface area contributed by atoms with E-state index in [1.807, 2.05) is 0 Å². The van der Waals surface area contributed by atoms with Crippen molar-refractivity contribution in [3.63, 3.8) is 0 Å². The van der Waals surface area contributed by atoms with E-state index in [0.717, 1.165) is 51.4 Å². The molecule has 0 rings (SSSR count). The van der Waals surface area contributed by atoms with Gasteiger partial charge in [0.05, 0.1) is 13.2 Å². The first-order chi connectivity index (χ1) is 27.6. The summed E-state index contributed by atoms with van der Waals surface area (Å²) in [7, 11) is -4.71. The fourth-order valence-corrected chi connectivity index (χ4v) is 7.11. The van der Waals surface area contributed by atoms with Gasteiger partial charge in [0.1, 0.15) is 12.6 Å². The molecule has 0 saturated heterocycles. The van der Waals surface area contributed by atoms with Gasteiger partial charge in [0.15, 0.2) is 6.10 Å². The second-order valence-corrected chi connectivity index (χ2v) is 17.0. The van der Waals surface area contributed by atoms with E-state index in [1.54, 1.807) is 0 Å². The summed E-state index contributed by atoms with van der Waals surface area (Å²) in [6.07, 6.45) is 42.3. The molecule has 0 saturated carbocycles. The third-order valence-corrected chi connectivity index (χ3v) is 10.9. The van der Waals surface area contributed by atoms with E-state index < -0.39 is 51.1 Å². The summed E-state index contributed by atoms with van der Waals surface area (Å²) in [6.45, 7) is 2.80. The second kappa shape index (κ2) is 40.7. The SMILES string of the molecule is CCCCC/C=C/C/C=C/CCCCCCCCCCCC(=O)O[C@H](COC(=O)CCCCCCCCCCCCCCCC)COP(=O)(O)OC[C@H](N)C(=O)O. The Kier molecular flexibility index (Phi) is 39.3. The Labute approximate surface area is 347 Å². The number of phosphoric ester groups is 1. The van der Waals surface area contributed by atoms with Gasteiger partial charge in [-0.05, 0) is 44.9 Å². The minimum atomic E-state index is -4.71. The van der Waals surface area contributed by atoms with Crippen LogP contribution < -0.4 is 5.73 Å². The number of unbranched alkanes of at least 4 members (excludes halogenated alkanes) is 25. The molecule has 0 aromatic heterocycles. The fraction of sp³-hybridized carbons (Fsp3) is 0.844. The molecule has 11 nitrogen and oxygen atoms in total. The number of aliphatic carboxylic acids is 1. The van der Waals surface area contributed by atoms with Crippen LogP contribution in [0.2, 0.25) is 0 Å². The summed E-state index contributed by atoms with van der Waals surface area (Å²) < 4.78 is 32.7. The van der Waals surface area contributed by atoms with Gasteiger partial charge >= 0.3 is 25.7 Å². The summed E-state index contributed by atoms with van der Waals surface area (Å²) in [5, 5.41) is 8.89. The van der Waals surface area contributed by atoms with Crippen LogP contribution in [0.4, 0.5) is 0 Å². The average molecular weight is 830 g/mol. The Morgan fingerprint density at radius 3 is 1.40 bits per heavy atom. The Balaban J connectivity index is 4.31. The lowest BCUT2D eigenvalue weighted by Gasteiger charge is -2.20. The monoisotopic (exact) mass is 830 g/mol. The molecule has 0 aromatic carbocycles. The average Bonchev–Trinajstić information content (AvgIpc) is 3.19. The maximum atomic E-state index is 12.6. The van der Waals surface area contributed by atoms with Crippen molar-refractivity contribution < 1.29 is 47.5 Å². The number of hydrogen-bond acceptors (Lipinski definition) is 9. The number of nitrogens with two attached hydrogens (primary N) is 1. The molecule has 0 aromatic rings. The molecule has 0 aliphatic heterocycles. The van der Waals surface area contributed by atoms with Gasteiger partial charge in [-0.25, -0.2) is 4.57 Å². The standard InChI is InChI=1S/C45H84NO10P/c1-3-5-7-9-11-13-15-17-19-20-21-22-23-25-27-29-31-33-35-37-44(48)56-41(39-54-57(51,52)55-40-42(46)45(49)50)38-53-43(47)36-34-32-30-28-26-24-18-16-14-12-10-8-6-4-2/h11,13,17,19,41-42H,3-10,12,14-16,18,20-40,46H2,1-2H3,(H,49,50)(H,51,52)/b13-11+,19-17+/t41-,42+/m1/s1. The summed E-state index contributed by atoms with van der Waals surface area (Å²) in [4.78, 5) is 46.0. The molecule has 0 aliphatic carbocycles. The number of carbonyl (C=O) groups is 3. The number of esters is 2. The highest BCUT2D eigenvalue weighted by Gasteiger charge is 2.28. The van der Waals surface area contributed by atoms with Crippen LogP contribution in [-0.4, -0.2) is 59.9 Å². The normalized spacial score (nSPS) is 13.9. The van der Waals surface area contributed by atoms with Crippen LogP contribution in [0, 0.1) is 0 Å². The number of rotatable bonds is 43. The molecule has 1 unspecified atom stereocenters. The van der Waals surface area contributed by atoms with Gasteiger partial charge < -0.3 is 25.2 Å². The number of ether oxygens (including phenoxy) is 2. The minimum Gasteiger partial charge on any atom is -0.480 e. The molecule has 0 aliphatic rings. The molecule has 4 N–H and O–H groups in total. The number of phosphoric acid groups is 1. The van der Waals surface area contributed by atoms with Gasteiger partial charge in [-0.2, -0.15) is 0 Å². The summed E-state index contributed by atoms with van der Waals surface area (Å²) in [5.74, 6) is -2.37. The van der Waals surface area contributed by atoms with Gasteiger partial charge in [0.25, 0.3) is 0 Å². The van der Waals surface area contributed by atoms with E-state index >= 15 is 0 Å². The van der Waals surface area contributed by atoms with Gasteiger partial charge in [-0.15, -0.1) is 0 Å². The van der Waals surface area contributed by atoms with E-state index in [1.165, 1.54) is 122 Å². The molecular formula is C45H84NO10P. The molecule has 0 fully saturated rings. The van der Waals surface area contributed by atoms with Crippen LogP contribution in [0.15, 0.2) is 24.3 Å². The topological polar surface area (TPSA) is 172 Å². The quantitative estimate of drug-likeness (QED) is 0.0231. The zero-order chi connectivity index (χ0) is 42.1. The van der Waals surface area contributed by atoms with Gasteiger partial charge in [0.2, 0.25) is 0 Å². The highest BCUT2D eigenvalue weighted by molar-refractivity contribution is 7.47. The fourth-order valence-electron chi connectivity index (χ4n) is 6.33. The lowest BCUT2D eigenvalue weighted by Crippen LogP contribution is -2.34. The molecule has 3 atom stereocenters. The lowest BCUT2D eigenvalue weighted by molar-refractivity contribution is -0.161. The largest absolute Gasteiger partial charge is 0.480 e. The van der Waals surface area contributed by atoms with Crippen LogP contribution in [0.5, 0.6) is 0 Å². The Morgan fingerprint density at radius 1 is 0.544 bits per heavy atom. The molecular weight excluding hydrogens is 745 g/mol. The third kappa shape index (κ3) is 40.5. The van der Waals surface area contributed by atoms with E-state index in [0.29, 0.717) is 12.8 Å². The van der Waals surface area contributed by atoms with Crippen molar-refractivity contribution in [1.29, 1.82) is 0 Å². The van der Waals surface area contributed by atoms with Crippen LogP contribution in [0.3, 0.4) is 0 Å². The summed E-state index contributed by atoms with van der Waals surface area (Å²) in [6, 6.07) is -1.52. The number of carbonyl (C=O) groups excluding carboxylic acids is 2. The van der Waals surface area contributed by atoms with Crippen molar-refractivity contribution >= 4 is 25.7 Å². The summed E-state index contributed by atoms with van der Waals surface area (Å²) in [5.41, 5.74) is 5.34. The Hall–Kier alpha value is -2.04. The lowest BCUT2D eigenvalue weighted by atomic mass is 10.0. The number of carboxylic acid groups (broad SMARTS) is 1. The molecule has 57 heavy (non-hydrogen) atoms. The number of carboxylic acids is 1. The summed E-state index contributed by atoms with van der Waals surface area (Å²) >= 11 is 0. The minimum absolute atomic E-state index is 0.159. The van der Waals surface area contributed by atoms with Crippen LogP contribution in [0.25, 0.3) is 0 Å². The van der Waals surface area contributed by atoms with Crippen LogP contribution in [0.1, 0.15) is 213 Å². The zero-order valence-electron chi connectivity index (χ0n) is 36.2. The molecule has 0 radical (unpaired) electrons. The van der Waals surface area contributed by atoms with E-state index in [9.17, 15) is 23.8 Å². The van der Waals surface area contributed by atoms with Crippen molar-refractivity contribution in [3.05, 3.63) is 24.3 Å². The van der Waals surface area contributed by atoms with Crippen molar-refractivity contribution in [2.45, 2.75) is 225 Å². The Morgan fingerprint density at radius 2 is 0.930 bits per heavy atom. The van der Waals surface area contributed by atoms with Crippen LogP contribution >= 0.6 is 7.82 Å². The van der Waals surface area contributed by atoms with E-state index in [-0.39, 0.29) is 19.4 Å². The predicted molar refractivity (Wildman–Crippen MR) is 231 cm³/mol. The maximum Gasteiger partial charge on any atom is 0.472 e. The first-order valence-corrected chi connectivity index (χ1v) is 24.4. The van der Waals surface area contributed by atoms with Crippen LogP contribution in [-0.2, 0) is 37.5 Å². The van der Waals surface area contributed by atoms with Crippen molar-refractivity contribution in [1.82, 2.24) is 0 Å². The number of allylic oxidation sites excluding steroid dienone is 4. The predicted octanol–water partition coefficient (Wildman–Crippen LogP) is 12.2. The molecule has 0 heterocycles. The molecule has 0 bridgehead atoms. The Bertz CT molecular complexity index is 1070. The number of hydrogen-bond donors (Lipinski definition) is 3. The highest BCUT2D eigenvalue weighted by Crippen LogP contribution is 2.43. The van der Waals surface area contributed by atoms with Gasteiger partial charge in [0, 0.05) is 12.8 Å². The van der Waals surface area contributed by atoms with E-state index in [2.05, 4.69) is 42.7 Å². The smallest absolute Gasteiger partial charge is 0.472 e. The third-order valence-electron chi connectivity index (χ3n) is 9.95. The molecule has 12 heteroatoms. The first kappa shape index (κ1) is 55.0. The second-order valence-electron chi connectivity index (χ2n) is 15.5. The van der Waals surface area contributed by atoms with Crippen molar-refractivity contribution in [3.8, 4) is 0 Å². The highest BCUT2D eigenvalue weighted by atomic mass is 31.2. The van der Waals surface area contributed by atoms with Crippen molar-refractivity contribution in [2.24, 2.45) is 5.73 Å². The zero-order valence-corrected chi connectivity index (χ0v) is 37.1. The molecule has 334 valence electrons. The van der Waals surface area contributed by atoms with Gasteiger partial charge in [-0.3, -0.25) is 23.4 Å². The molecule has 0 spiro atoms. The molecule has 0 amide bonds. The van der Waals surface area contributed by atoms with Gasteiger partial charge in [-0.1, -0.05) is 179 Å².